The SMILES string of the molecule is C[C@H](O)[C@@H](O)c1c(CNC(=O)OC(C)(C)C)cc(-c2ccc(OC(F)(F)F)cc2)c2c1CCO2. The van der Waals surface area contributed by atoms with E-state index in [-0.39, 0.29) is 12.3 Å². The summed E-state index contributed by atoms with van der Waals surface area (Å²) < 4.78 is 52.5. The maximum atomic E-state index is 12.5. The van der Waals surface area contributed by atoms with E-state index in [1.165, 1.54) is 31.2 Å². The molecular formula is C24H28F3NO6. The normalized spacial score (nSPS) is 15.2. The van der Waals surface area contributed by atoms with Crippen molar-refractivity contribution >= 4 is 6.09 Å². The number of alkyl carbamates (subject to hydrolysis) is 1. The first-order valence-electron chi connectivity index (χ1n) is 10.8. The van der Waals surface area contributed by atoms with E-state index >= 15 is 0 Å². The molecule has 0 aliphatic carbocycles. The van der Waals surface area contributed by atoms with Crippen molar-refractivity contribution in [3.05, 3.63) is 47.0 Å². The molecule has 3 rings (SSSR count). The van der Waals surface area contributed by atoms with Crippen molar-refractivity contribution in [2.75, 3.05) is 6.61 Å². The molecule has 10 heteroatoms. The second kappa shape index (κ2) is 9.71. The number of aliphatic hydroxyl groups excluding tert-OH is 2. The van der Waals surface area contributed by atoms with Gasteiger partial charge in [-0.05, 0) is 62.6 Å². The van der Waals surface area contributed by atoms with E-state index in [1.807, 2.05) is 0 Å². The average molecular weight is 483 g/mol. The monoisotopic (exact) mass is 483 g/mol. The van der Waals surface area contributed by atoms with E-state index < -0.39 is 30.3 Å². The highest BCUT2D eigenvalue weighted by atomic mass is 19.4. The van der Waals surface area contributed by atoms with Gasteiger partial charge in [0.05, 0.1) is 12.7 Å². The van der Waals surface area contributed by atoms with Gasteiger partial charge in [-0.15, -0.1) is 13.2 Å². The van der Waals surface area contributed by atoms with Crippen molar-refractivity contribution in [3.63, 3.8) is 0 Å². The van der Waals surface area contributed by atoms with E-state index in [9.17, 15) is 28.2 Å². The lowest BCUT2D eigenvalue weighted by Crippen LogP contribution is -2.32. The van der Waals surface area contributed by atoms with Gasteiger partial charge in [-0.1, -0.05) is 12.1 Å². The second-order valence-electron chi connectivity index (χ2n) is 9.02. The molecule has 0 saturated heterocycles. The Hall–Kier alpha value is -2.98. The summed E-state index contributed by atoms with van der Waals surface area (Å²) in [6.45, 7) is 6.96. The van der Waals surface area contributed by atoms with Gasteiger partial charge >= 0.3 is 12.5 Å². The molecule has 0 bridgehead atoms. The van der Waals surface area contributed by atoms with Crippen molar-refractivity contribution in [3.8, 4) is 22.6 Å². The van der Waals surface area contributed by atoms with Crippen LogP contribution in [-0.4, -0.2) is 41.0 Å². The van der Waals surface area contributed by atoms with Crippen LogP contribution in [0.2, 0.25) is 0 Å². The molecule has 1 aliphatic rings. The van der Waals surface area contributed by atoms with Gasteiger partial charge in [0.15, 0.2) is 0 Å². The van der Waals surface area contributed by atoms with Crippen molar-refractivity contribution in [2.45, 2.75) is 64.8 Å². The molecule has 3 N–H and O–H groups in total. The van der Waals surface area contributed by atoms with E-state index in [0.29, 0.717) is 46.6 Å². The molecule has 0 radical (unpaired) electrons. The van der Waals surface area contributed by atoms with Gasteiger partial charge in [0.2, 0.25) is 0 Å². The molecule has 1 amide bonds. The molecule has 0 aromatic heterocycles. The fourth-order valence-electron chi connectivity index (χ4n) is 3.75. The number of rotatable bonds is 6. The van der Waals surface area contributed by atoms with Crippen LogP contribution < -0.4 is 14.8 Å². The fourth-order valence-corrected chi connectivity index (χ4v) is 3.75. The predicted molar refractivity (Wildman–Crippen MR) is 117 cm³/mol. The number of hydrogen-bond donors (Lipinski definition) is 3. The molecule has 34 heavy (non-hydrogen) atoms. The lowest BCUT2D eigenvalue weighted by molar-refractivity contribution is -0.274. The maximum absolute atomic E-state index is 12.5. The number of nitrogens with one attached hydrogen (secondary N) is 1. The highest BCUT2D eigenvalue weighted by Crippen LogP contribution is 2.43. The summed E-state index contributed by atoms with van der Waals surface area (Å²) in [5.74, 6) is 0.113. The summed E-state index contributed by atoms with van der Waals surface area (Å²) in [5.41, 5.74) is 2.07. The van der Waals surface area contributed by atoms with Gasteiger partial charge < -0.3 is 29.7 Å². The minimum atomic E-state index is -4.80. The Balaban J connectivity index is 2.02. The number of carbonyl (C=O) groups excluding carboxylic acids is 1. The third-order valence-electron chi connectivity index (χ3n) is 5.08. The molecule has 2 aromatic carbocycles. The second-order valence-corrected chi connectivity index (χ2v) is 9.02. The summed E-state index contributed by atoms with van der Waals surface area (Å²) in [5, 5.41) is 23.4. The van der Waals surface area contributed by atoms with Crippen LogP contribution in [0.25, 0.3) is 11.1 Å². The van der Waals surface area contributed by atoms with E-state index in [1.54, 1.807) is 26.8 Å². The first kappa shape index (κ1) is 25.6. The van der Waals surface area contributed by atoms with Crippen LogP contribution in [0.15, 0.2) is 30.3 Å². The third kappa shape index (κ3) is 6.32. The van der Waals surface area contributed by atoms with Crippen LogP contribution in [-0.2, 0) is 17.7 Å². The number of aliphatic hydroxyl groups is 2. The Morgan fingerprint density at radius 2 is 1.82 bits per heavy atom. The first-order valence-corrected chi connectivity index (χ1v) is 10.8. The van der Waals surface area contributed by atoms with Crippen molar-refractivity contribution in [2.24, 2.45) is 0 Å². The first-order chi connectivity index (χ1) is 15.7. The molecule has 2 atom stereocenters. The molecule has 0 saturated carbocycles. The number of amides is 1. The van der Waals surface area contributed by atoms with Gasteiger partial charge in [0.25, 0.3) is 0 Å². The number of carbonyl (C=O) groups is 1. The van der Waals surface area contributed by atoms with Crippen molar-refractivity contribution < 1.29 is 42.4 Å². The van der Waals surface area contributed by atoms with Crippen LogP contribution in [0.5, 0.6) is 11.5 Å². The van der Waals surface area contributed by atoms with Crippen LogP contribution in [0.4, 0.5) is 18.0 Å². The molecule has 2 aromatic rings. The Kier molecular flexibility index (Phi) is 7.32. The molecule has 0 fully saturated rings. The number of halogens is 3. The van der Waals surface area contributed by atoms with E-state index in [2.05, 4.69) is 10.1 Å². The molecule has 7 nitrogen and oxygen atoms in total. The van der Waals surface area contributed by atoms with Crippen LogP contribution in [0.1, 0.15) is 50.5 Å². The lowest BCUT2D eigenvalue weighted by Gasteiger charge is -2.24. The van der Waals surface area contributed by atoms with Crippen LogP contribution in [0, 0.1) is 0 Å². The largest absolute Gasteiger partial charge is 0.573 e. The number of hydrogen-bond acceptors (Lipinski definition) is 6. The van der Waals surface area contributed by atoms with Gasteiger partial charge in [-0.25, -0.2) is 4.79 Å². The number of fused-ring (bicyclic) bond motifs is 1. The smallest absolute Gasteiger partial charge is 0.492 e. The molecule has 186 valence electrons. The maximum Gasteiger partial charge on any atom is 0.573 e. The van der Waals surface area contributed by atoms with Crippen molar-refractivity contribution in [1.82, 2.24) is 5.32 Å². The average Bonchev–Trinajstić information content (AvgIpc) is 3.18. The molecule has 1 aliphatic heterocycles. The molecule has 0 spiro atoms. The highest BCUT2D eigenvalue weighted by Gasteiger charge is 2.32. The topological polar surface area (TPSA) is 97.3 Å². The van der Waals surface area contributed by atoms with Crippen LogP contribution in [0.3, 0.4) is 0 Å². The van der Waals surface area contributed by atoms with Gasteiger partial charge in [0.1, 0.15) is 23.2 Å². The van der Waals surface area contributed by atoms with Crippen LogP contribution >= 0.6 is 0 Å². The minimum Gasteiger partial charge on any atom is -0.492 e. The number of benzene rings is 2. The summed E-state index contributed by atoms with van der Waals surface area (Å²) in [4.78, 5) is 12.2. The van der Waals surface area contributed by atoms with E-state index in [4.69, 9.17) is 9.47 Å². The summed E-state index contributed by atoms with van der Waals surface area (Å²) in [6.07, 6.45) is -7.32. The standard InChI is InChI=1S/C24H28F3NO6/c1-13(29)20(30)19-15(12-28-22(31)34-23(2,3)4)11-18(21-17(19)9-10-32-21)14-5-7-16(8-6-14)33-24(25,26)27/h5-8,11,13,20,29-30H,9-10,12H2,1-4H3,(H,28,31)/t13-,20+/m0/s1. The van der Waals surface area contributed by atoms with Crippen molar-refractivity contribution in [1.29, 1.82) is 0 Å². The highest BCUT2D eigenvalue weighted by molar-refractivity contribution is 5.76. The van der Waals surface area contributed by atoms with Gasteiger partial charge in [-0.3, -0.25) is 0 Å². The lowest BCUT2D eigenvalue weighted by atomic mass is 9.88. The zero-order valence-corrected chi connectivity index (χ0v) is 19.3. The summed E-state index contributed by atoms with van der Waals surface area (Å²) >= 11 is 0. The molecule has 1 heterocycles. The molecular weight excluding hydrogens is 455 g/mol. The van der Waals surface area contributed by atoms with E-state index in [0.717, 1.165) is 0 Å². The number of ether oxygens (including phenoxy) is 3. The Labute approximate surface area is 195 Å². The van der Waals surface area contributed by atoms with Gasteiger partial charge in [0, 0.05) is 24.1 Å². The molecule has 0 unspecified atom stereocenters. The zero-order chi connectivity index (χ0) is 25.3. The third-order valence-corrected chi connectivity index (χ3v) is 5.08. The Morgan fingerprint density at radius 3 is 2.38 bits per heavy atom. The minimum absolute atomic E-state index is 0.0103. The summed E-state index contributed by atoms with van der Waals surface area (Å²) in [7, 11) is 0. The Morgan fingerprint density at radius 1 is 1.18 bits per heavy atom. The quantitative estimate of drug-likeness (QED) is 0.555. The fraction of sp³-hybridized carbons (Fsp3) is 0.458. The number of alkyl halides is 3. The predicted octanol–water partition coefficient (Wildman–Crippen LogP) is 4.63. The Bertz CT molecular complexity index is 1030. The summed E-state index contributed by atoms with van der Waals surface area (Å²) in [6, 6.07) is 7.01. The zero-order valence-electron chi connectivity index (χ0n) is 19.3. The van der Waals surface area contributed by atoms with Gasteiger partial charge in [-0.2, -0.15) is 0 Å².